The van der Waals surface area contributed by atoms with Gasteiger partial charge in [0.25, 0.3) is 0 Å². The summed E-state index contributed by atoms with van der Waals surface area (Å²) in [5.74, 6) is -8.98. The minimum Gasteiger partial charge on any atom is -0.396 e. The molecule has 13 atom stereocenters. The second-order valence-corrected chi connectivity index (χ2v) is 30.5. The lowest BCUT2D eigenvalue weighted by Crippen LogP contribution is -2.64. The van der Waals surface area contributed by atoms with E-state index in [2.05, 4.69) is 21.3 Å². The Hall–Kier alpha value is -5.51. The first-order chi connectivity index (χ1) is 43.5. The molecule has 1 fully saturated rings. The van der Waals surface area contributed by atoms with Gasteiger partial charge in [0.05, 0.1) is 18.3 Å². The summed E-state index contributed by atoms with van der Waals surface area (Å²) >= 11 is 2.80. The lowest BCUT2D eigenvalue weighted by atomic mass is 9.91. The van der Waals surface area contributed by atoms with Crippen LogP contribution in [0.2, 0.25) is 0 Å². The maximum Gasteiger partial charge on any atom is 0.246 e. The highest BCUT2D eigenvalue weighted by Crippen LogP contribution is 2.27. The van der Waals surface area contributed by atoms with Crippen molar-refractivity contribution in [2.75, 3.05) is 79.0 Å². The number of amides is 11. The summed E-state index contributed by atoms with van der Waals surface area (Å²) in [6.07, 6.45) is 2.27. The normalized spacial score (nSPS) is 26.4. The van der Waals surface area contributed by atoms with Crippen molar-refractivity contribution < 1.29 is 68.1 Å². The molecule has 0 aromatic heterocycles. The summed E-state index contributed by atoms with van der Waals surface area (Å²) in [6.45, 7) is 28.8. The molecule has 0 aromatic rings. The molecule has 11 amide bonds. The molecule has 1 saturated heterocycles. The van der Waals surface area contributed by atoms with Crippen LogP contribution in [0.5, 0.6) is 0 Å². The van der Waals surface area contributed by atoms with Gasteiger partial charge in [-0.05, 0) is 102 Å². The molecule has 1 heterocycles. The van der Waals surface area contributed by atoms with Crippen molar-refractivity contribution in [2.45, 2.75) is 234 Å². The first kappa shape index (κ1) is 86.5. The van der Waals surface area contributed by atoms with Crippen LogP contribution >= 0.6 is 23.5 Å². The molecule has 7 N–H and O–H groups in total. The Morgan fingerprint density at radius 2 is 0.926 bits per heavy atom. The molecule has 27 heteroatoms. The van der Waals surface area contributed by atoms with Gasteiger partial charge in [-0.25, -0.2) is 0 Å². The Labute approximate surface area is 570 Å². The van der Waals surface area contributed by atoms with E-state index in [1.165, 1.54) is 125 Å². The van der Waals surface area contributed by atoms with Crippen LogP contribution < -0.4 is 21.3 Å². The highest BCUT2D eigenvalue weighted by molar-refractivity contribution is 8.02. The Morgan fingerprint density at radius 3 is 1.40 bits per heavy atom. The first-order valence-corrected chi connectivity index (χ1v) is 35.6. The van der Waals surface area contributed by atoms with Crippen molar-refractivity contribution in [2.24, 2.45) is 35.5 Å². The molecular formula is C67H121N11O14S2. The molecule has 0 aromatic carbocycles. The van der Waals surface area contributed by atoms with Crippen molar-refractivity contribution in [3.05, 3.63) is 12.2 Å². The lowest BCUT2D eigenvalue weighted by Gasteiger charge is -2.41. The average molecular weight is 1370 g/mol. The molecular weight excluding hydrogens is 1250 g/mol. The van der Waals surface area contributed by atoms with E-state index in [0.29, 0.717) is 17.3 Å². The van der Waals surface area contributed by atoms with E-state index in [1.807, 2.05) is 41.5 Å². The van der Waals surface area contributed by atoms with Gasteiger partial charge in [-0.15, -0.1) is 0 Å². The van der Waals surface area contributed by atoms with Crippen LogP contribution in [-0.2, 0) is 52.7 Å². The van der Waals surface area contributed by atoms with Crippen molar-refractivity contribution in [3.8, 4) is 0 Å². The maximum absolute atomic E-state index is 15.3. The first-order valence-electron chi connectivity index (χ1n) is 33.3. The monoisotopic (exact) mass is 1370 g/mol. The van der Waals surface area contributed by atoms with E-state index in [0.717, 1.165) is 9.80 Å². The third-order valence-electron chi connectivity index (χ3n) is 17.3. The fourth-order valence-electron chi connectivity index (χ4n) is 11.5. The van der Waals surface area contributed by atoms with Gasteiger partial charge >= 0.3 is 0 Å². The molecule has 0 unspecified atom stereocenters. The van der Waals surface area contributed by atoms with Crippen LogP contribution in [0, 0.1) is 35.5 Å². The number of hydrogen-bond donors (Lipinski definition) is 7. The summed E-state index contributed by atoms with van der Waals surface area (Å²) < 4.78 is 0. The van der Waals surface area contributed by atoms with Crippen LogP contribution in [0.4, 0.5) is 0 Å². The van der Waals surface area contributed by atoms with Crippen LogP contribution in [0.15, 0.2) is 12.2 Å². The predicted molar refractivity (Wildman–Crippen MR) is 371 cm³/mol. The number of carbonyl (C=O) groups excluding carboxylic acids is 11. The summed E-state index contributed by atoms with van der Waals surface area (Å²) in [7, 11) is 9.78. The number of allylic oxidation sites excluding steroid dienone is 2. The molecule has 0 saturated carbocycles. The lowest BCUT2D eigenvalue weighted by molar-refractivity contribution is -0.157. The van der Waals surface area contributed by atoms with Crippen molar-refractivity contribution in [1.82, 2.24) is 55.6 Å². The summed E-state index contributed by atoms with van der Waals surface area (Å²) in [5, 5.41) is 44.1. The smallest absolute Gasteiger partial charge is 0.246 e. The molecule has 1 aliphatic heterocycles. The van der Waals surface area contributed by atoms with Crippen molar-refractivity contribution in [1.29, 1.82) is 0 Å². The highest BCUT2D eigenvalue weighted by Gasteiger charge is 2.47. The van der Waals surface area contributed by atoms with Gasteiger partial charge in [-0.2, -0.15) is 23.5 Å². The molecule has 25 nitrogen and oxygen atoms in total. The van der Waals surface area contributed by atoms with Crippen molar-refractivity contribution >= 4 is 88.5 Å². The molecule has 0 bridgehead atoms. The second-order valence-electron chi connectivity index (χ2n) is 28.1. The van der Waals surface area contributed by atoms with E-state index < -0.39 is 161 Å². The number of nitrogens with zero attached hydrogens (tertiary/aromatic N) is 7. The summed E-state index contributed by atoms with van der Waals surface area (Å²) in [6, 6.07) is -14.5. The van der Waals surface area contributed by atoms with Gasteiger partial charge in [-0.3, -0.25) is 52.7 Å². The molecule has 94 heavy (non-hydrogen) atoms. The Balaban J connectivity index is 4.56. The Kier molecular flexibility index (Phi) is 37.1. The average Bonchev–Trinajstić information content (AvgIpc) is 0.809. The number of rotatable bonds is 22. The third kappa shape index (κ3) is 25.5. The van der Waals surface area contributed by atoms with Gasteiger partial charge < -0.3 is 70.9 Å². The van der Waals surface area contributed by atoms with Crippen LogP contribution in [-0.4, -0.2) is 272 Å². The molecule has 0 aliphatic carbocycles. The molecule has 0 radical (unpaired) electrons. The van der Waals surface area contributed by atoms with E-state index in [9.17, 15) is 39.3 Å². The number of aliphatic hydroxyl groups excluding tert-OH is 2. The van der Waals surface area contributed by atoms with Crippen molar-refractivity contribution in [3.63, 3.8) is 0 Å². The van der Waals surface area contributed by atoms with E-state index in [-0.39, 0.29) is 68.6 Å². The topological polar surface area (TPSA) is 319 Å². The number of aliphatic hydroxyl groups is 3. The van der Waals surface area contributed by atoms with Gasteiger partial charge in [0.1, 0.15) is 66.5 Å². The third-order valence-corrected chi connectivity index (χ3v) is 19.5. The molecule has 1 aliphatic rings. The molecule has 540 valence electrons. The molecule has 0 spiro atoms. The maximum atomic E-state index is 15.3. The fourth-order valence-corrected chi connectivity index (χ4v) is 13.5. The van der Waals surface area contributed by atoms with E-state index in [1.54, 1.807) is 60.6 Å². The quantitative estimate of drug-likeness (QED) is 0.0605. The number of nitrogens with one attached hydrogen (secondary N) is 4. The zero-order chi connectivity index (χ0) is 72.7. The SMILES string of the molecule is C/C=C/C[C@@H](C)[C@@H](O)[C@H]1C(=O)N[C@@H](CC)C(=O)N(C)[C@H](CSCCSCCO)C(=O)N(C)[C@@H](CC(C)(C)O)C(=O)N[C@@H](C(C)C)C(=O)N(C)[C@@H](CC(C)C)C(=O)N[C@@H](C)C(=O)N[C@H](C)C(=O)N(C)[C@@H](CC(C)C)C(=O)N(C)[C@@H](CC(C)C)C(=O)N(C)[C@@H](C(C)C)C(=O)N1C. The standard InChI is InChI=1S/C67H121N11O14S2/c1-25-27-28-43(13)55(80)54-59(84)70-46(26-2)61(86)76(22)51(37-94-32-31-93-30-29-79)64(89)75(21)50(36-67(16,17)92)58(83)71-52(41(9)10)65(90)72(18)47(33-38(3)4)57(82)68-44(14)56(81)69-45(15)60(85)73(19)48(34-39(5)6)62(87)74(20)49(35-40(7)8)63(88)77(23)53(42(11)12)66(91)78(54)24/h25,27,38-55,79-80,92H,26,28-37H2,1-24H3,(H,68,82)(H,69,81)(H,70,84)(H,71,83)/b27-25+/t43-,44+,45-,46+,47+,48+,49+,50+,51-,52+,53+,54+,55-/m1/s1. The molecule has 1 rings (SSSR count). The number of hydrogen-bond acceptors (Lipinski definition) is 16. The summed E-state index contributed by atoms with van der Waals surface area (Å²) in [5.41, 5.74) is -1.60. The van der Waals surface area contributed by atoms with Gasteiger partial charge in [-0.1, -0.05) is 95.2 Å². The van der Waals surface area contributed by atoms with Crippen LogP contribution in [0.25, 0.3) is 0 Å². The number of likely N-dealkylation sites (N-methyl/N-ethyl adjacent to an activating group) is 7. The largest absolute Gasteiger partial charge is 0.396 e. The minimum absolute atomic E-state index is 0.0254. The van der Waals surface area contributed by atoms with Crippen LogP contribution in [0.1, 0.15) is 156 Å². The predicted octanol–water partition coefficient (Wildman–Crippen LogP) is 3.21. The van der Waals surface area contributed by atoms with Gasteiger partial charge in [0, 0.05) is 78.8 Å². The Morgan fingerprint density at radius 1 is 0.489 bits per heavy atom. The zero-order valence-corrected chi connectivity index (χ0v) is 62.7. The number of thioether (sulfide) groups is 2. The van der Waals surface area contributed by atoms with E-state index >= 15 is 28.8 Å². The minimum atomic E-state index is -1.67. The van der Waals surface area contributed by atoms with Gasteiger partial charge in [0.2, 0.25) is 65.0 Å². The fraction of sp³-hybridized carbons (Fsp3) is 0.806. The number of carbonyl (C=O) groups is 11. The van der Waals surface area contributed by atoms with Crippen LogP contribution in [0.3, 0.4) is 0 Å². The second kappa shape index (κ2) is 40.3. The zero-order valence-electron chi connectivity index (χ0n) is 61.1. The Bertz CT molecular complexity index is 2550. The highest BCUT2D eigenvalue weighted by atomic mass is 32.2. The summed E-state index contributed by atoms with van der Waals surface area (Å²) in [4.78, 5) is 172. The van der Waals surface area contributed by atoms with E-state index in [4.69, 9.17) is 0 Å². The van der Waals surface area contributed by atoms with Gasteiger partial charge in [0.15, 0.2) is 0 Å².